The van der Waals surface area contributed by atoms with Gasteiger partial charge in [0.1, 0.15) is 17.7 Å². The largest absolute Gasteiger partial charge is 0.374 e. The third kappa shape index (κ3) is 7.93. The fraction of sp³-hybridized carbons (Fsp3) is 0.346. The predicted molar refractivity (Wildman–Crippen MR) is 133 cm³/mol. The second-order valence-corrected chi connectivity index (χ2v) is 9.43. The Morgan fingerprint density at radius 3 is 2.51 bits per heavy atom. The number of nitrogens with zero attached hydrogens (tertiary/aromatic N) is 1. The van der Waals surface area contributed by atoms with Crippen molar-refractivity contribution in [1.29, 1.82) is 0 Å². The molecule has 1 aromatic heterocycles. The Bertz CT molecular complexity index is 1150. The second kappa shape index (κ2) is 12.5. The van der Waals surface area contributed by atoms with E-state index in [9.17, 15) is 18.4 Å². The standard InChI is InChI=1S/C26H29F2N3O3S/c1-4-7-22(30-24(32)12-17-10-19(27)13-20(28)11-17)25(33)31-26-29-14-23(35-26)21-9-6-5-8-18(21)15-34-16(2)3/h5-6,8-11,13-14,16,22H,4,7,12,15H2,1-3H3,(H,30,32)(H,29,31,33)/t22-/m0/s1. The Labute approximate surface area is 207 Å². The fourth-order valence-corrected chi connectivity index (χ4v) is 4.37. The average Bonchev–Trinajstić information content (AvgIpc) is 3.25. The highest BCUT2D eigenvalue weighted by Crippen LogP contribution is 2.32. The SMILES string of the molecule is CCC[C@H](NC(=O)Cc1cc(F)cc(F)c1)C(=O)Nc1ncc(-c2ccccc2COC(C)C)s1. The van der Waals surface area contributed by atoms with Crippen molar-refractivity contribution in [2.75, 3.05) is 5.32 Å². The van der Waals surface area contributed by atoms with Gasteiger partial charge < -0.3 is 15.4 Å². The molecule has 0 saturated carbocycles. The molecule has 0 radical (unpaired) electrons. The van der Waals surface area contributed by atoms with Crippen molar-refractivity contribution in [3.8, 4) is 10.4 Å². The summed E-state index contributed by atoms with van der Waals surface area (Å²) in [5, 5.41) is 5.85. The number of nitrogens with one attached hydrogen (secondary N) is 2. The molecule has 2 N–H and O–H groups in total. The van der Waals surface area contributed by atoms with Crippen molar-refractivity contribution < 1.29 is 23.1 Å². The monoisotopic (exact) mass is 501 g/mol. The van der Waals surface area contributed by atoms with E-state index in [0.29, 0.717) is 24.6 Å². The number of rotatable bonds is 11. The zero-order chi connectivity index (χ0) is 25.4. The smallest absolute Gasteiger partial charge is 0.248 e. The Hall–Kier alpha value is -3.17. The highest BCUT2D eigenvalue weighted by Gasteiger charge is 2.22. The Morgan fingerprint density at radius 1 is 1.11 bits per heavy atom. The molecule has 2 aromatic carbocycles. The summed E-state index contributed by atoms with van der Waals surface area (Å²) in [5.41, 5.74) is 2.19. The van der Waals surface area contributed by atoms with Gasteiger partial charge in [-0.1, -0.05) is 48.9 Å². The summed E-state index contributed by atoms with van der Waals surface area (Å²) in [6.07, 6.45) is 2.62. The highest BCUT2D eigenvalue weighted by molar-refractivity contribution is 7.19. The van der Waals surface area contributed by atoms with Crippen molar-refractivity contribution in [1.82, 2.24) is 10.3 Å². The minimum absolute atomic E-state index is 0.102. The Morgan fingerprint density at radius 2 is 1.83 bits per heavy atom. The van der Waals surface area contributed by atoms with Gasteiger partial charge >= 0.3 is 0 Å². The molecule has 0 fully saturated rings. The van der Waals surface area contributed by atoms with E-state index in [1.807, 2.05) is 45.0 Å². The van der Waals surface area contributed by atoms with Crippen LogP contribution in [-0.4, -0.2) is 28.9 Å². The molecule has 0 aliphatic heterocycles. The Balaban J connectivity index is 1.66. The fourth-order valence-electron chi connectivity index (χ4n) is 3.49. The van der Waals surface area contributed by atoms with Crippen molar-refractivity contribution >= 4 is 28.3 Å². The number of aromatic nitrogens is 1. The molecule has 1 heterocycles. The van der Waals surface area contributed by atoms with Gasteiger partial charge in [0, 0.05) is 12.3 Å². The van der Waals surface area contributed by atoms with Gasteiger partial charge in [-0.15, -0.1) is 0 Å². The van der Waals surface area contributed by atoms with Gasteiger partial charge in [0.15, 0.2) is 5.13 Å². The molecule has 0 unspecified atom stereocenters. The molecule has 0 bridgehead atoms. The molecule has 0 aliphatic carbocycles. The van der Waals surface area contributed by atoms with E-state index in [0.717, 1.165) is 34.2 Å². The van der Waals surface area contributed by atoms with E-state index in [4.69, 9.17) is 4.74 Å². The molecule has 2 amide bonds. The normalized spacial score (nSPS) is 11.9. The van der Waals surface area contributed by atoms with E-state index in [1.165, 1.54) is 11.3 Å². The average molecular weight is 502 g/mol. The first-order chi connectivity index (χ1) is 16.7. The first-order valence-electron chi connectivity index (χ1n) is 11.5. The lowest BCUT2D eigenvalue weighted by molar-refractivity contribution is -0.126. The summed E-state index contributed by atoms with van der Waals surface area (Å²) in [6, 6.07) is 9.99. The highest BCUT2D eigenvalue weighted by atomic mass is 32.1. The van der Waals surface area contributed by atoms with Crippen molar-refractivity contribution in [2.45, 2.75) is 58.8 Å². The first kappa shape index (κ1) is 26.4. The first-order valence-corrected chi connectivity index (χ1v) is 12.3. The summed E-state index contributed by atoms with van der Waals surface area (Å²) in [7, 11) is 0. The molecule has 186 valence electrons. The van der Waals surface area contributed by atoms with Crippen molar-refractivity contribution in [3.63, 3.8) is 0 Å². The minimum atomic E-state index is -0.801. The molecule has 0 saturated heterocycles. The van der Waals surface area contributed by atoms with Crippen LogP contribution in [0.1, 0.15) is 44.7 Å². The molecule has 6 nitrogen and oxygen atoms in total. The maximum Gasteiger partial charge on any atom is 0.248 e. The number of halogens is 2. The van der Waals surface area contributed by atoms with Crippen LogP contribution in [-0.2, 0) is 27.4 Å². The van der Waals surface area contributed by atoms with Crippen LogP contribution in [0.2, 0.25) is 0 Å². The zero-order valence-electron chi connectivity index (χ0n) is 19.9. The topological polar surface area (TPSA) is 80.3 Å². The number of thiazole rings is 1. The van der Waals surface area contributed by atoms with Crippen LogP contribution in [0.3, 0.4) is 0 Å². The van der Waals surface area contributed by atoms with Crippen LogP contribution in [0, 0.1) is 11.6 Å². The van der Waals surface area contributed by atoms with Crippen molar-refractivity contribution in [3.05, 3.63) is 71.4 Å². The molecule has 0 aliphatic rings. The molecule has 3 aromatic rings. The van der Waals surface area contributed by atoms with E-state index in [1.54, 1.807) is 6.20 Å². The van der Waals surface area contributed by atoms with Gasteiger partial charge in [-0.05, 0) is 49.1 Å². The molecule has 35 heavy (non-hydrogen) atoms. The molecule has 0 spiro atoms. The number of benzene rings is 2. The van der Waals surface area contributed by atoms with E-state index in [2.05, 4.69) is 15.6 Å². The number of hydrogen-bond acceptors (Lipinski definition) is 5. The van der Waals surface area contributed by atoms with E-state index in [-0.39, 0.29) is 18.1 Å². The Kier molecular flexibility index (Phi) is 9.45. The van der Waals surface area contributed by atoms with Gasteiger partial charge in [0.25, 0.3) is 0 Å². The van der Waals surface area contributed by atoms with Gasteiger partial charge in [-0.2, -0.15) is 0 Å². The van der Waals surface area contributed by atoms with E-state index >= 15 is 0 Å². The lowest BCUT2D eigenvalue weighted by atomic mass is 10.1. The molecular weight excluding hydrogens is 472 g/mol. The van der Waals surface area contributed by atoms with Crippen LogP contribution in [0.25, 0.3) is 10.4 Å². The number of amides is 2. The van der Waals surface area contributed by atoms with Crippen molar-refractivity contribution in [2.24, 2.45) is 0 Å². The van der Waals surface area contributed by atoms with Crippen LogP contribution in [0.4, 0.5) is 13.9 Å². The second-order valence-electron chi connectivity index (χ2n) is 8.40. The molecular formula is C26H29F2N3O3S. The van der Waals surface area contributed by atoms with Gasteiger partial charge in [-0.3, -0.25) is 9.59 Å². The summed E-state index contributed by atoms with van der Waals surface area (Å²) in [4.78, 5) is 30.6. The number of hydrogen-bond donors (Lipinski definition) is 2. The third-order valence-corrected chi connectivity index (χ3v) is 6.05. The molecule has 1 atom stereocenters. The number of anilines is 1. The predicted octanol–water partition coefficient (Wildman–Crippen LogP) is 5.48. The number of carbonyl (C=O) groups excluding carboxylic acids is 2. The summed E-state index contributed by atoms with van der Waals surface area (Å²) < 4.78 is 32.6. The van der Waals surface area contributed by atoms with Gasteiger partial charge in [-0.25, -0.2) is 13.8 Å². The lowest BCUT2D eigenvalue weighted by Crippen LogP contribution is -2.44. The maximum absolute atomic E-state index is 13.4. The zero-order valence-corrected chi connectivity index (χ0v) is 20.8. The molecule has 3 rings (SSSR count). The number of carbonyl (C=O) groups is 2. The molecule has 9 heteroatoms. The van der Waals surface area contributed by atoms with Crippen LogP contribution in [0.15, 0.2) is 48.7 Å². The number of ether oxygens (including phenoxy) is 1. The van der Waals surface area contributed by atoms with Crippen LogP contribution in [0.5, 0.6) is 0 Å². The minimum Gasteiger partial charge on any atom is -0.374 e. The summed E-state index contributed by atoms with van der Waals surface area (Å²) in [5.74, 6) is -2.41. The lowest BCUT2D eigenvalue weighted by Gasteiger charge is -2.17. The maximum atomic E-state index is 13.4. The van der Waals surface area contributed by atoms with E-state index < -0.39 is 29.5 Å². The van der Waals surface area contributed by atoms with Gasteiger partial charge in [0.05, 0.1) is 24.0 Å². The van der Waals surface area contributed by atoms with Crippen LogP contribution >= 0.6 is 11.3 Å². The van der Waals surface area contributed by atoms with Crippen LogP contribution < -0.4 is 10.6 Å². The quantitative estimate of drug-likeness (QED) is 0.365. The summed E-state index contributed by atoms with van der Waals surface area (Å²) in [6.45, 7) is 6.31. The van der Waals surface area contributed by atoms with Gasteiger partial charge in [0.2, 0.25) is 11.8 Å². The summed E-state index contributed by atoms with van der Waals surface area (Å²) >= 11 is 1.33. The third-order valence-electron chi connectivity index (χ3n) is 5.11.